The van der Waals surface area contributed by atoms with Gasteiger partial charge in [-0.05, 0) is 37.1 Å². The van der Waals surface area contributed by atoms with Crippen LogP contribution in [0.4, 0.5) is 4.39 Å². The molecular weight excluding hydrogens is 307 g/mol. The highest BCUT2D eigenvalue weighted by Crippen LogP contribution is 2.31. The van der Waals surface area contributed by atoms with Crippen LogP contribution in [0, 0.1) is 5.82 Å². The summed E-state index contributed by atoms with van der Waals surface area (Å²) in [5.41, 5.74) is 6.62. The Morgan fingerprint density at radius 2 is 2.05 bits per heavy atom. The molecule has 2 N–H and O–H groups in total. The second-order valence-electron chi connectivity index (χ2n) is 5.34. The van der Waals surface area contributed by atoms with Crippen molar-refractivity contribution in [1.29, 1.82) is 0 Å². The van der Waals surface area contributed by atoms with E-state index in [0.717, 1.165) is 24.9 Å². The fourth-order valence-corrected chi connectivity index (χ4v) is 2.86. The Morgan fingerprint density at radius 1 is 1.27 bits per heavy atom. The molecule has 0 radical (unpaired) electrons. The van der Waals surface area contributed by atoms with Gasteiger partial charge in [-0.1, -0.05) is 23.7 Å². The van der Waals surface area contributed by atoms with Crippen LogP contribution in [-0.4, -0.2) is 21.6 Å². The van der Waals surface area contributed by atoms with E-state index in [1.165, 1.54) is 18.6 Å². The first-order valence-electron chi connectivity index (χ1n) is 7.27. The molecule has 1 atom stereocenters. The fraction of sp³-hybridized carbons (Fsp3) is 0.467. The molecule has 0 bridgehead atoms. The summed E-state index contributed by atoms with van der Waals surface area (Å²) in [5, 5.41) is 3.96. The molecule has 0 amide bonds. The highest BCUT2D eigenvalue weighted by Gasteiger charge is 2.25. The first-order chi connectivity index (χ1) is 10.3. The lowest BCUT2D eigenvalue weighted by Gasteiger charge is -2.35. The van der Waals surface area contributed by atoms with Crippen molar-refractivity contribution < 1.29 is 8.91 Å². The van der Waals surface area contributed by atoms with E-state index in [-0.39, 0.29) is 30.8 Å². The molecule has 1 aromatic carbocycles. The molecule has 1 aromatic heterocycles. The molecule has 3 rings (SSSR count). The third-order valence-electron chi connectivity index (χ3n) is 3.90. The van der Waals surface area contributed by atoms with E-state index in [1.807, 2.05) is 12.1 Å². The molecule has 0 aliphatic carbocycles. The van der Waals surface area contributed by atoms with Gasteiger partial charge in [-0.3, -0.25) is 4.90 Å². The normalized spacial score (nSPS) is 18.9. The van der Waals surface area contributed by atoms with E-state index in [4.69, 9.17) is 10.3 Å². The molecule has 22 heavy (non-hydrogen) atoms. The van der Waals surface area contributed by atoms with Crippen molar-refractivity contribution in [3.05, 3.63) is 47.4 Å². The standard InChI is InChI=1S/C15H19FN4O.ClH/c16-12-6-4-11(5-7-12)13-3-1-2-8-20(13)10-14-18-15(9-17)21-19-14;/h4-7,13H,1-3,8-10,17H2;1H. The van der Waals surface area contributed by atoms with Crippen molar-refractivity contribution >= 4 is 12.4 Å². The number of likely N-dealkylation sites (tertiary alicyclic amines) is 1. The molecule has 2 aromatic rings. The monoisotopic (exact) mass is 326 g/mol. The third kappa shape index (κ3) is 3.82. The van der Waals surface area contributed by atoms with Gasteiger partial charge in [-0.2, -0.15) is 4.98 Å². The van der Waals surface area contributed by atoms with Crippen LogP contribution in [0.15, 0.2) is 28.8 Å². The van der Waals surface area contributed by atoms with Crippen LogP contribution < -0.4 is 5.73 Å². The van der Waals surface area contributed by atoms with Gasteiger partial charge < -0.3 is 10.3 Å². The summed E-state index contributed by atoms with van der Waals surface area (Å²) in [6.07, 6.45) is 3.39. The smallest absolute Gasteiger partial charge is 0.240 e. The number of aromatic nitrogens is 2. The van der Waals surface area contributed by atoms with Gasteiger partial charge in [0, 0.05) is 6.04 Å². The largest absolute Gasteiger partial charge is 0.338 e. The molecule has 7 heteroatoms. The van der Waals surface area contributed by atoms with E-state index >= 15 is 0 Å². The predicted molar refractivity (Wildman–Crippen MR) is 82.8 cm³/mol. The number of hydrogen-bond acceptors (Lipinski definition) is 5. The maximum Gasteiger partial charge on any atom is 0.240 e. The van der Waals surface area contributed by atoms with Gasteiger partial charge in [0.2, 0.25) is 5.89 Å². The van der Waals surface area contributed by atoms with E-state index in [9.17, 15) is 4.39 Å². The zero-order valence-electron chi connectivity index (χ0n) is 12.2. The van der Waals surface area contributed by atoms with Gasteiger partial charge in [0.1, 0.15) is 5.82 Å². The van der Waals surface area contributed by atoms with E-state index < -0.39 is 0 Å². The average molecular weight is 327 g/mol. The number of hydrogen-bond donors (Lipinski definition) is 1. The van der Waals surface area contributed by atoms with Gasteiger partial charge >= 0.3 is 0 Å². The summed E-state index contributed by atoms with van der Waals surface area (Å²) in [7, 11) is 0. The van der Waals surface area contributed by atoms with Gasteiger partial charge in [0.05, 0.1) is 13.1 Å². The molecule has 5 nitrogen and oxygen atoms in total. The molecule has 1 aliphatic rings. The average Bonchev–Trinajstić information content (AvgIpc) is 2.96. The minimum atomic E-state index is -0.202. The number of rotatable bonds is 4. The maximum absolute atomic E-state index is 13.1. The Kier molecular flexibility index (Phi) is 5.88. The number of halogens is 2. The van der Waals surface area contributed by atoms with Crippen LogP contribution >= 0.6 is 12.4 Å². The summed E-state index contributed by atoms with van der Waals surface area (Å²) < 4.78 is 18.1. The van der Waals surface area contributed by atoms with Crippen LogP contribution in [0.1, 0.15) is 42.6 Å². The van der Waals surface area contributed by atoms with E-state index in [1.54, 1.807) is 0 Å². The van der Waals surface area contributed by atoms with Crippen LogP contribution in [0.5, 0.6) is 0 Å². The molecule has 0 spiro atoms. The van der Waals surface area contributed by atoms with Crippen LogP contribution in [-0.2, 0) is 13.1 Å². The molecular formula is C15H20ClFN4O. The topological polar surface area (TPSA) is 68.2 Å². The summed E-state index contributed by atoms with van der Waals surface area (Å²) in [5.74, 6) is 0.914. The lowest BCUT2D eigenvalue weighted by Crippen LogP contribution is -2.33. The molecule has 1 aliphatic heterocycles. The van der Waals surface area contributed by atoms with Crippen molar-refractivity contribution in [3.63, 3.8) is 0 Å². The van der Waals surface area contributed by atoms with Crippen LogP contribution in [0.25, 0.3) is 0 Å². The van der Waals surface area contributed by atoms with E-state index in [2.05, 4.69) is 15.0 Å². The lowest BCUT2D eigenvalue weighted by atomic mass is 9.95. The summed E-state index contributed by atoms with van der Waals surface area (Å²) in [6, 6.07) is 7.03. The summed E-state index contributed by atoms with van der Waals surface area (Å²) in [6.45, 7) is 1.87. The van der Waals surface area contributed by atoms with Gasteiger partial charge in [0.15, 0.2) is 5.82 Å². The van der Waals surface area contributed by atoms with Crippen molar-refractivity contribution in [1.82, 2.24) is 15.0 Å². The summed E-state index contributed by atoms with van der Waals surface area (Å²) in [4.78, 5) is 6.58. The van der Waals surface area contributed by atoms with Crippen LogP contribution in [0.3, 0.4) is 0 Å². The quantitative estimate of drug-likeness (QED) is 0.935. The highest BCUT2D eigenvalue weighted by atomic mass is 35.5. The first-order valence-corrected chi connectivity index (χ1v) is 7.27. The lowest BCUT2D eigenvalue weighted by molar-refractivity contribution is 0.135. The van der Waals surface area contributed by atoms with E-state index in [0.29, 0.717) is 18.3 Å². The molecule has 1 unspecified atom stereocenters. The van der Waals surface area contributed by atoms with Gasteiger partial charge in [-0.15, -0.1) is 12.4 Å². The minimum absolute atomic E-state index is 0. The zero-order chi connectivity index (χ0) is 14.7. The van der Waals surface area contributed by atoms with Crippen molar-refractivity contribution in [2.24, 2.45) is 5.73 Å². The molecule has 1 saturated heterocycles. The second kappa shape index (κ2) is 7.67. The Labute approximate surface area is 135 Å². The number of nitrogens with two attached hydrogens (primary N) is 1. The highest BCUT2D eigenvalue weighted by molar-refractivity contribution is 5.85. The Bertz CT molecular complexity index is 589. The Hall–Kier alpha value is -1.50. The third-order valence-corrected chi connectivity index (χ3v) is 3.90. The minimum Gasteiger partial charge on any atom is -0.338 e. The van der Waals surface area contributed by atoms with Crippen LogP contribution in [0.2, 0.25) is 0 Å². The Morgan fingerprint density at radius 3 is 2.73 bits per heavy atom. The Balaban J connectivity index is 0.00000176. The molecule has 2 heterocycles. The summed E-state index contributed by atoms with van der Waals surface area (Å²) >= 11 is 0. The number of piperidine rings is 1. The van der Waals surface area contributed by atoms with Gasteiger partial charge in [-0.25, -0.2) is 4.39 Å². The molecule has 120 valence electrons. The predicted octanol–water partition coefficient (Wildman–Crippen LogP) is 2.82. The SMILES string of the molecule is Cl.NCc1nc(CN2CCCCC2c2ccc(F)cc2)no1. The zero-order valence-corrected chi connectivity index (χ0v) is 13.1. The number of nitrogens with zero attached hydrogens (tertiary/aromatic N) is 3. The van der Waals surface area contributed by atoms with Crippen molar-refractivity contribution in [2.45, 2.75) is 38.4 Å². The first kappa shape index (κ1) is 16.9. The van der Waals surface area contributed by atoms with Crippen molar-refractivity contribution in [3.8, 4) is 0 Å². The molecule has 1 fully saturated rings. The fourth-order valence-electron chi connectivity index (χ4n) is 2.86. The second-order valence-corrected chi connectivity index (χ2v) is 5.34. The molecule has 0 saturated carbocycles. The van der Waals surface area contributed by atoms with Crippen molar-refractivity contribution in [2.75, 3.05) is 6.54 Å². The van der Waals surface area contributed by atoms with Gasteiger partial charge in [0.25, 0.3) is 0 Å². The number of benzene rings is 1. The maximum atomic E-state index is 13.1.